The lowest BCUT2D eigenvalue weighted by Crippen LogP contribution is -2.24. The minimum Gasteiger partial charge on any atom is -0.484 e. The van der Waals surface area contributed by atoms with E-state index < -0.39 is 18.0 Å². The Morgan fingerprint density at radius 3 is 2.62 bits per heavy atom. The molecule has 3 aromatic heterocycles. The summed E-state index contributed by atoms with van der Waals surface area (Å²) in [6.45, 7) is 5.17. The predicted molar refractivity (Wildman–Crippen MR) is 146 cm³/mol. The van der Waals surface area contributed by atoms with Gasteiger partial charge in [-0.1, -0.05) is 11.6 Å². The molecule has 0 fully saturated rings. The highest BCUT2D eigenvalue weighted by Crippen LogP contribution is 2.40. The first-order valence-electron chi connectivity index (χ1n) is 11.7. The van der Waals surface area contributed by atoms with Crippen LogP contribution in [-0.4, -0.2) is 50.8 Å². The van der Waals surface area contributed by atoms with E-state index in [-0.39, 0.29) is 17.4 Å². The summed E-state index contributed by atoms with van der Waals surface area (Å²) in [5.41, 5.74) is 3.67. The lowest BCUT2D eigenvalue weighted by molar-refractivity contribution is 0.0969. The number of fused-ring (bicyclic) bond motifs is 2. The van der Waals surface area contributed by atoms with E-state index in [1.807, 2.05) is 19.1 Å². The number of amides is 1. The number of hydrogen-bond acceptors (Lipinski definition) is 10. The number of rotatable bonds is 7. The van der Waals surface area contributed by atoms with Crippen LogP contribution in [0.4, 0.5) is 14.9 Å². The zero-order valence-corrected chi connectivity index (χ0v) is 22.9. The molecule has 5 aromatic rings. The van der Waals surface area contributed by atoms with Crippen molar-refractivity contribution in [2.75, 3.05) is 19.0 Å². The molecular formula is C26H22ClFN6O4S. The molecule has 1 amide bonds. The third-order valence-electron chi connectivity index (χ3n) is 5.55. The molecule has 0 aliphatic rings. The van der Waals surface area contributed by atoms with Gasteiger partial charge in [-0.2, -0.15) is 0 Å². The van der Waals surface area contributed by atoms with Crippen molar-refractivity contribution in [1.29, 1.82) is 0 Å². The number of nitrogens with one attached hydrogen (secondary N) is 1. The van der Waals surface area contributed by atoms with Gasteiger partial charge in [0.15, 0.2) is 11.6 Å². The van der Waals surface area contributed by atoms with Crippen LogP contribution in [0.5, 0.6) is 11.6 Å². The average Bonchev–Trinajstić information content (AvgIpc) is 3.35. The van der Waals surface area contributed by atoms with Gasteiger partial charge in [0.05, 0.1) is 47.1 Å². The third kappa shape index (κ3) is 5.66. The van der Waals surface area contributed by atoms with Crippen molar-refractivity contribution in [3.63, 3.8) is 0 Å². The highest BCUT2D eigenvalue weighted by atomic mass is 35.5. The molecule has 39 heavy (non-hydrogen) atoms. The molecular weight excluding hydrogens is 547 g/mol. The molecule has 0 spiro atoms. The predicted octanol–water partition coefficient (Wildman–Crippen LogP) is 6.13. The molecule has 3 heterocycles. The first-order valence-corrected chi connectivity index (χ1v) is 12.9. The first kappa shape index (κ1) is 26.4. The molecule has 13 heteroatoms. The zero-order valence-electron chi connectivity index (χ0n) is 21.3. The van der Waals surface area contributed by atoms with E-state index in [0.717, 1.165) is 11.1 Å². The topological polar surface area (TPSA) is 121 Å². The van der Waals surface area contributed by atoms with Crippen molar-refractivity contribution in [2.24, 2.45) is 0 Å². The van der Waals surface area contributed by atoms with Gasteiger partial charge in [-0.05, 0) is 38.5 Å². The number of benzene rings is 2. The molecule has 10 nitrogen and oxygen atoms in total. The van der Waals surface area contributed by atoms with E-state index in [4.69, 9.17) is 25.8 Å². The Morgan fingerprint density at radius 1 is 1.10 bits per heavy atom. The smallest absolute Gasteiger partial charge is 0.411 e. The van der Waals surface area contributed by atoms with Gasteiger partial charge in [-0.3, -0.25) is 5.32 Å². The molecule has 0 radical (unpaired) electrons. The Labute approximate surface area is 231 Å². The van der Waals surface area contributed by atoms with E-state index in [2.05, 4.69) is 30.2 Å². The average molecular weight is 569 g/mol. The zero-order chi connectivity index (χ0) is 27.7. The van der Waals surface area contributed by atoms with Crippen LogP contribution in [0.1, 0.15) is 18.3 Å². The van der Waals surface area contributed by atoms with Crippen LogP contribution in [-0.2, 0) is 4.74 Å². The molecule has 0 bridgehead atoms. The summed E-state index contributed by atoms with van der Waals surface area (Å²) in [6, 6.07) is 5.37. The summed E-state index contributed by atoms with van der Waals surface area (Å²) in [5.74, 6) is 0.135. The van der Waals surface area contributed by atoms with E-state index in [1.165, 1.54) is 43.1 Å². The summed E-state index contributed by atoms with van der Waals surface area (Å²) < 4.78 is 31.9. The van der Waals surface area contributed by atoms with Crippen LogP contribution in [0.25, 0.3) is 31.8 Å². The van der Waals surface area contributed by atoms with Crippen molar-refractivity contribution in [1.82, 2.24) is 24.9 Å². The SMILES string of the molecule is COc1cnc2c(-c3nc4c(Cl)c(F)c(OC(C)COC(=O)Nc5cnc(C)nc5)cc4s3)cc(C)cc2n1. The summed E-state index contributed by atoms with van der Waals surface area (Å²) in [6.07, 6.45) is 3.06. The van der Waals surface area contributed by atoms with E-state index >= 15 is 4.39 Å². The number of hydrogen-bond donors (Lipinski definition) is 1. The largest absolute Gasteiger partial charge is 0.484 e. The summed E-state index contributed by atoms with van der Waals surface area (Å²) in [5, 5.41) is 2.95. The lowest BCUT2D eigenvalue weighted by atomic mass is 10.1. The molecule has 0 saturated heterocycles. The molecule has 2 aromatic carbocycles. The van der Waals surface area contributed by atoms with Crippen LogP contribution in [0, 0.1) is 19.7 Å². The molecule has 0 aliphatic heterocycles. The Balaban J connectivity index is 1.36. The fraction of sp³-hybridized carbons (Fsp3) is 0.231. The highest BCUT2D eigenvalue weighted by molar-refractivity contribution is 7.21. The summed E-state index contributed by atoms with van der Waals surface area (Å²) in [4.78, 5) is 33.6. The maximum absolute atomic E-state index is 15.2. The maximum atomic E-state index is 15.2. The molecule has 5 rings (SSSR count). The fourth-order valence-corrected chi connectivity index (χ4v) is 5.06. The van der Waals surface area contributed by atoms with Crippen molar-refractivity contribution < 1.29 is 23.4 Å². The number of aromatic nitrogens is 5. The number of halogens is 2. The van der Waals surface area contributed by atoms with Gasteiger partial charge in [0, 0.05) is 11.6 Å². The van der Waals surface area contributed by atoms with Crippen LogP contribution < -0.4 is 14.8 Å². The second kappa shape index (κ2) is 10.9. The Bertz CT molecular complexity index is 1700. The minimum atomic E-state index is -0.757. The first-order chi connectivity index (χ1) is 18.7. The number of carbonyl (C=O) groups excluding carboxylic acids is 1. The quantitative estimate of drug-likeness (QED) is 0.247. The van der Waals surface area contributed by atoms with Crippen molar-refractivity contribution in [3.8, 4) is 22.2 Å². The summed E-state index contributed by atoms with van der Waals surface area (Å²) in [7, 11) is 1.53. The van der Waals surface area contributed by atoms with Gasteiger partial charge in [0.1, 0.15) is 34.1 Å². The molecule has 0 saturated carbocycles. The van der Waals surface area contributed by atoms with Crippen LogP contribution in [0.15, 0.2) is 36.8 Å². The normalized spacial score (nSPS) is 11.9. The van der Waals surface area contributed by atoms with Gasteiger partial charge in [-0.15, -0.1) is 11.3 Å². The molecule has 0 aliphatic carbocycles. The van der Waals surface area contributed by atoms with Crippen LogP contribution in [0.3, 0.4) is 0 Å². The van der Waals surface area contributed by atoms with Crippen molar-refractivity contribution in [2.45, 2.75) is 26.9 Å². The molecule has 200 valence electrons. The lowest BCUT2D eigenvalue weighted by Gasteiger charge is -2.16. The second-order valence-electron chi connectivity index (χ2n) is 8.63. The minimum absolute atomic E-state index is 0.0789. The number of anilines is 1. The van der Waals surface area contributed by atoms with E-state index in [1.54, 1.807) is 13.8 Å². The fourth-order valence-electron chi connectivity index (χ4n) is 3.75. The van der Waals surface area contributed by atoms with E-state index in [0.29, 0.717) is 43.6 Å². The highest BCUT2D eigenvalue weighted by Gasteiger charge is 2.21. The third-order valence-corrected chi connectivity index (χ3v) is 6.93. The van der Waals surface area contributed by atoms with Crippen molar-refractivity contribution in [3.05, 3.63) is 59.0 Å². The van der Waals surface area contributed by atoms with E-state index in [9.17, 15) is 4.79 Å². The Morgan fingerprint density at radius 2 is 1.87 bits per heavy atom. The van der Waals surface area contributed by atoms with Gasteiger partial charge < -0.3 is 14.2 Å². The molecule has 1 unspecified atom stereocenters. The van der Waals surface area contributed by atoms with Crippen LogP contribution in [0.2, 0.25) is 5.02 Å². The number of aryl methyl sites for hydroxylation is 2. The monoisotopic (exact) mass is 568 g/mol. The Kier molecular flexibility index (Phi) is 7.40. The van der Waals surface area contributed by atoms with Crippen LogP contribution >= 0.6 is 22.9 Å². The maximum Gasteiger partial charge on any atom is 0.411 e. The molecule has 1 atom stereocenters. The number of nitrogens with zero attached hydrogens (tertiary/aromatic N) is 5. The standard InChI is InChI=1S/C26H22ClFN6O4S/c1-12-5-16(23-17(6-12)33-20(36-4)10-31-23)25-34-24-19(39-25)7-18(22(28)21(24)27)38-13(2)11-37-26(35)32-15-8-29-14(3)30-9-15/h5-10,13H,11H2,1-4H3,(H,32,35). The number of thiazole rings is 1. The Hall–Kier alpha value is -4.16. The molecule has 1 N–H and O–H groups in total. The number of methoxy groups -OCH3 is 1. The summed E-state index contributed by atoms with van der Waals surface area (Å²) >= 11 is 7.69. The van der Waals surface area contributed by atoms with Gasteiger partial charge >= 0.3 is 6.09 Å². The number of carbonyl (C=O) groups is 1. The van der Waals surface area contributed by atoms with Crippen molar-refractivity contribution >= 4 is 56.0 Å². The van der Waals surface area contributed by atoms with Gasteiger partial charge in [0.25, 0.3) is 0 Å². The number of ether oxygens (including phenoxy) is 3. The van der Waals surface area contributed by atoms with Gasteiger partial charge in [0.2, 0.25) is 5.88 Å². The van der Waals surface area contributed by atoms with Gasteiger partial charge in [-0.25, -0.2) is 34.1 Å². The second-order valence-corrected chi connectivity index (χ2v) is 10.0.